The molecule has 1 aromatic heterocycles. The van der Waals surface area contributed by atoms with Crippen molar-refractivity contribution in [2.24, 2.45) is 0 Å². The lowest BCUT2D eigenvalue weighted by Gasteiger charge is -2.34. The molecule has 0 bridgehead atoms. The summed E-state index contributed by atoms with van der Waals surface area (Å²) in [4.78, 5) is 14.0. The van der Waals surface area contributed by atoms with E-state index in [1.54, 1.807) is 0 Å². The Morgan fingerprint density at radius 3 is 2.76 bits per heavy atom. The van der Waals surface area contributed by atoms with Gasteiger partial charge in [-0.05, 0) is 45.2 Å². The van der Waals surface area contributed by atoms with Crippen LogP contribution in [0, 0.1) is 0 Å². The van der Waals surface area contributed by atoms with Crippen LogP contribution in [0.3, 0.4) is 0 Å². The molecule has 0 amide bonds. The van der Waals surface area contributed by atoms with E-state index in [1.165, 1.54) is 0 Å². The average molecular weight is 293 g/mol. The fraction of sp³-hybridized carbons (Fsp3) is 0.750. The lowest BCUT2D eigenvalue weighted by Crippen LogP contribution is -2.50. The molecule has 0 radical (unpaired) electrons. The molecule has 1 atom stereocenters. The molecule has 1 aromatic rings. The molecular weight excluding hydrogens is 266 g/mol. The summed E-state index contributed by atoms with van der Waals surface area (Å²) in [7, 11) is 0. The van der Waals surface area contributed by atoms with E-state index >= 15 is 0 Å². The average Bonchev–Trinajstić information content (AvgIpc) is 3.05. The van der Waals surface area contributed by atoms with E-state index in [1.807, 2.05) is 4.68 Å². The Morgan fingerprint density at radius 1 is 1.43 bits per heavy atom. The van der Waals surface area contributed by atoms with Gasteiger partial charge in [0.1, 0.15) is 5.54 Å². The zero-order chi connectivity index (χ0) is 15.5. The number of carboxylic acid groups (broad SMARTS) is 1. The summed E-state index contributed by atoms with van der Waals surface area (Å²) in [6, 6.07) is 2.13. The van der Waals surface area contributed by atoms with Gasteiger partial charge in [-0.2, -0.15) is 5.10 Å². The van der Waals surface area contributed by atoms with Crippen molar-refractivity contribution < 1.29 is 9.90 Å². The van der Waals surface area contributed by atoms with Gasteiger partial charge in [-0.15, -0.1) is 0 Å². The lowest BCUT2D eigenvalue weighted by molar-refractivity contribution is -0.150. The monoisotopic (exact) mass is 293 g/mol. The maximum Gasteiger partial charge on any atom is 0.324 e. The van der Waals surface area contributed by atoms with Crippen LogP contribution in [0.15, 0.2) is 6.07 Å². The zero-order valence-electron chi connectivity index (χ0n) is 13.4. The molecule has 1 saturated heterocycles. The van der Waals surface area contributed by atoms with E-state index in [9.17, 15) is 9.90 Å². The summed E-state index contributed by atoms with van der Waals surface area (Å²) < 4.78 is 2.01. The van der Waals surface area contributed by atoms with E-state index < -0.39 is 11.5 Å². The van der Waals surface area contributed by atoms with Crippen LogP contribution in [0.5, 0.6) is 0 Å². The molecule has 1 unspecified atom stereocenters. The Labute approximate surface area is 126 Å². The van der Waals surface area contributed by atoms with Crippen LogP contribution >= 0.6 is 0 Å². The maximum atomic E-state index is 11.9. The molecule has 1 fully saturated rings. The van der Waals surface area contributed by atoms with E-state index in [0.29, 0.717) is 6.54 Å². The normalized spacial score (nSPS) is 22.8. The van der Waals surface area contributed by atoms with Crippen molar-refractivity contribution in [3.63, 3.8) is 0 Å². The van der Waals surface area contributed by atoms with E-state index in [-0.39, 0.29) is 0 Å². The molecule has 0 aliphatic carbocycles. The lowest BCUT2D eigenvalue weighted by atomic mass is 9.90. The molecule has 0 spiro atoms. The van der Waals surface area contributed by atoms with Crippen molar-refractivity contribution in [2.45, 2.75) is 71.5 Å². The number of rotatable bonds is 7. The van der Waals surface area contributed by atoms with Crippen molar-refractivity contribution in [3.8, 4) is 0 Å². The SMILES string of the molecule is CCCC1(C(=O)O)CCCN1Cc1cc(CC)nn1CC. The molecule has 118 valence electrons. The summed E-state index contributed by atoms with van der Waals surface area (Å²) in [5, 5.41) is 14.3. The minimum atomic E-state index is -0.677. The van der Waals surface area contributed by atoms with Gasteiger partial charge >= 0.3 is 5.97 Å². The second kappa shape index (κ2) is 6.60. The van der Waals surface area contributed by atoms with Gasteiger partial charge in [-0.25, -0.2) is 0 Å². The van der Waals surface area contributed by atoms with Crippen LogP contribution in [0.1, 0.15) is 57.8 Å². The molecule has 0 aromatic carbocycles. The third-order valence-electron chi connectivity index (χ3n) is 4.61. The van der Waals surface area contributed by atoms with Crippen LogP contribution in [-0.4, -0.2) is 37.8 Å². The molecule has 2 heterocycles. The second-order valence-corrected chi connectivity index (χ2v) is 5.91. The van der Waals surface area contributed by atoms with Gasteiger partial charge in [0.15, 0.2) is 0 Å². The Bertz CT molecular complexity index is 498. The highest BCUT2D eigenvalue weighted by Crippen LogP contribution is 2.35. The third-order valence-corrected chi connectivity index (χ3v) is 4.61. The Kier molecular flexibility index (Phi) is 5.04. The summed E-state index contributed by atoms with van der Waals surface area (Å²) in [6.07, 6.45) is 4.27. The smallest absolute Gasteiger partial charge is 0.324 e. The Balaban J connectivity index is 2.24. The predicted octanol–water partition coefficient (Wildman–Crippen LogP) is 2.68. The van der Waals surface area contributed by atoms with Crippen LogP contribution in [0.25, 0.3) is 0 Å². The highest BCUT2D eigenvalue weighted by molar-refractivity contribution is 5.79. The number of carboxylic acids is 1. The van der Waals surface area contributed by atoms with Crippen LogP contribution in [0.4, 0.5) is 0 Å². The Hall–Kier alpha value is -1.36. The summed E-state index contributed by atoms with van der Waals surface area (Å²) in [5.41, 5.74) is 1.55. The fourth-order valence-corrected chi connectivity index (χ4v) is 3.50. The first-order valence-electron chi connectivity index (χ1n) is 8.11. The largest absolute Gasteiger partial charge is 0.480 e. The second-order valence-electron chi connectivity index (χ2n) is 5.91. The molecule has 1 aliphatic rings. The standard InChI is InChI=1S/C16H27N3O2/c1-4-8-16(15(20)21)9-7-10-18(16)12-14-11-13(5-2)17-19(14)6-3/h11H,4-10,12H2,1-3H3,(H,20,21). The van der Waals surface area contributed by atoms with Crippen molar-refractivity contribution in [1.82, 2.24) is 14.7 Å². The number of aliphatic carboxylic acids is 1. The van der Waals surface area contributed by atoms with Crippen molar-refractivity contribution in [2.75, 3.05) is 6.54 Å². The number of aromatic nitrogens is 2. The number of carbonyl (C=O) groups is 1. The molecule has 5 nitrogen and oxygen atoms in total. The Morgan fingerprint density at radius 2 is 2.19 bits per heavy atom. The number of nitrogens with zero attached hydrogens (tertiary/aromatic N) is 3. The highest BCUT2D eigenvalue weighted by atomic mass is 16.4. The molecule has 1 aliphatic heterocycles. The third kappa shape index (κ3) is 2.98. The topological polar surface area (TPSA) is 58.4 Å². The van der Waals surface area contributed by atoms with Gasteiger partial charge in [0.25, 0.3) is 0 Å². The first-order chi connectivity index (χ1) is 10.1. The summed E-state index contributed by atoms with van der Waals surface area (Å²) >= 11 is 0. The maximum absolute atomic E-state index is 11.9. The van der Waals surface area contributed by atoms with E-state index in [0.717, 1.165) is 56.6 Å². The first kappa shape index (κ1) is 16.0. The van der Waals surface area contributed by atoms with Gasteiger partial charge in [-0.3, -0.25) is 14.4 Å². The van der Waals surface area contributed by atoms with Gasteiger partial charge in [0, 0.05) is 13.1 Å². The molecule has 2 rings (SSSR count). The zero-order valence-corrected chi connectivity index (χ0v) is 13.4. The molecule has 1 N–H and O–H groups in total. The highest BCUT2D eigenvalue weighted by Gasteiger charge is 2.46. The summed E-state index contributed by atoms with van der Waals surface area (Å²) in [5.74, 6) is -0.667. The number of likely N-dealkylation sites (tertiary alicyclic amines) is 1. The first-order valence-corrected chi connectivity index (χ1v) is 8.11. The summed E-state index contributed by atoms with van der Waals surface area (Å²) in [6.45, 7) is 8.62. The molecule has 0 saturated carbocycles. The van der Waals surface area contributed by atoms with E-state index in [4.69, 9.17) is 0 Å². The van der Waals surface area contributed by atoms with Crippen molar-refractivity contribution in [1.29, 1.82) is 0 Å². The van der Waals surface area contributed by atoms with Crippen LogP contribution < -0.4 is 0 Å². The van der Waals surface area contributed by atoms with Gasteiger partial charge in [-0.1, -0.05) is 20.3 Å². The molecular formula is C16H27N3O2. The fourth-order valence-electron chi connectivity index (χ4n) is 3.50. The van der Waals surface area contributed by atoms with Crippen molar-refractivity contribution >= 4 is 5.97 Å². The van der Waals surface area contributed by atoms with Gasteiger partial charge < -0.3 is 5.11 Å². The minimum absolute atomic E-state index is 0.667. The number of hydrogen-bond acceptors (Lipinski definition) is 3. The van der Waals surface area contributed by atoms with Gasteiger partial charge in [0.2, 0.25) is 0 Å². The van der Waals surface area contributed by atoms with E-state index in [2.05, 4.69) is 36.8 Å². The quantitative estimate of drug-likeness (QED) is 0.839. The van der Waals surface area contributed by atoms with Crippen LogP contribution in [0.2, 0.25) is 0 Å². The van der Waals surface area contributed by atoms with Crippen LogP contribution in [-0.2, 0) is 24.3 Å². The molecule has 5 heteroatoms. The predicted molar refractivity (Wildman–Crippen MR) is 82.2 cm³/mol. The number of hydrogen-bond donors (Lipinski definition) is 1. The number of aryl methyl sites for hydroxylation is 2. The van der Waals surface area contributed by atoms with Gasteiger partial charge in [0.05, 0.1) is 11.4 Å². The van der Waals surface area contributed by atoms with Crippen molar-refractivity contribution in [3.05, 3.63) is 17.5 Å². The minimum Gasteiger partial charge on any atom is -0.480 e. The molecule has 21 heavy (non-hydrogen) atoms.